The SMILES string of the molecule is C=C(C)[C@@H](C(=O)OCC)N1C(=O)c2ccccc2C1=O. The Morgan fingerprint density at radius 2 is 1.75 bits per heavy atom. The fraction of sp³-hybridized carbons (Fsp3) is 0.267. The lowest BCUT2D eigenvalue weighted by atomic mass is 10.1. The molecule has 0 aromatic heterocycles. The number of benzene rings is 1. The molecular formula is C15H15NO4. The van der Waals surface area contributed by atoms with Gasteiger partial charge in [0.05, 0.1) is 17.7 Å². The van der Waals surface area contributed by atoms with E-state index in [1.54, 1.807) is 38.1 Å². The Bertz CT molecular complexity index is 571. The maximum Gasteiger partial charge on any atom is 0.333 e. The van der Waals surface area contributed by atoms with Crippen molar-refractivity contribution in [1.82, 2.24) is 4.90 Å². The van der Waals surface area contributed by atoms with Crippen molar-refractivity contribution in [3.05, 3.63) is 47.5 Å². The molecule has 5 nitrogen and oxygen atoms in total. The first-order valence-corrected chi connectivity index (χ1v) is 6.28. The second-order valence-corrected chi connectivity index (χ2v) is 4.53. The van der Waals surface area contributed by atoms with Crippen LogP contribution < -0.4 is 0 Å². The van der Waals surface area contributed by atoms with Gasteiger partial charge in [-0.1, -0.05) is 18.7 Å². The van der Waals surface area contributed by atoms with Crippen LogP contribution in [0, 0.1) is 0 Å². The molecule has 0 fully saturated rings. The molecular weight excluding hydrogens is 258 g/mol. The van der Waals surface area contributed by atoms with Gasteiger partial charge in [-0.3, -0.25) is 14.5 Å². The Kier molecular flexibility index (Phi) is 3.70. The van der Waals surface area contributed by atoms with Gasteiger partial charge in [0.15, 0.2) is 6.04 Å². The van der Waals surface area contributed by atoms with Crippen LogP contribution in [-0.4, -0.2) is 35.3 Å². The first kappa shape index (κ1) is 14.0. The average Bonchev–Trinajstić information content (AvgIpc) is 2.65. The molecule has 0 spiro atoms. The normalized spacial score (nSPS) is 15.0. The molecule has 1 aliphatic heterocycles. The van der Waals surface area contributed by atoms with Crippen molar-refractivity contribution < 1.29 is 19.1 Å². The largest absolute Gasteiger partial charge is 0.464 e. The molecule has 0 aliphatic carbocycles. The second-order valence-electron chi connectivity index (χ2n) is 4.53. The first-order valence-electron chi connectivity index (χ1n) is 6.28. The summed E-state index contributed by atoms with van der Waals surface area (Å²) in [6.07, 6.45) is 0. The van der Waals surface area contributed by atoms with Gasteiger partial charge in [0.25, 0.3) is 11.8 Å². The summed E-state index contributed by atoms with van der Waals surface area (Å²) >= 11 is 0. The number of fused-ring (bicyclic) bond motifs is 1. The topological polar surface area (TPSA) is 63.7 Å². The van der Waals surface area contributed by atoms with Gasteiger partial charge in [0.1, 0.15) is 0 Å². The quantitative estimate of drug-likeness (QED) is 0.476. The third-order valence-electron chi connectivity index (χ3n) is 3.06. The fourth-order valence-corrected chi connectivity index (χ4v) is 2.19. The van der Waals surface area contributed by atoms with Gasteiger partial charge in [-0.05, 0) is 31.6 Å². The molecule has 1 aliphatic rings. The maximum atomic E-state index is 12.3. The van der Waals surface area contributed by atoms with Crippen molar-refractivity contribution >= 4 is 17.8 Å². The molecule has 20 heavy (non-hydrogen) atoms. The van der Waals surface area contributed by atoms with Crippen LogP contribution >= 0.6 is 0 Å². The summed E-state index contributed by atoms with van der Waals surface area (Å²) in [5.74, 6) is -1.63. The van der Waals surface area contributed by atoms with Crippen LogP contribution in [0.3, 0.4) is 0 Å². The van der Waals surface area contributed by atoms with Crippen LogP contribution in [0.4, 0.5) is 0 Å². The summed E-state index contributed by atoms with van der Waals surface area (Å²) in [6, 6.07) is 5.40. The summed E-state index contributed by atoms with van der Waals surface area (Å²) in [6.45, 7) is 7.11. The lowest BCUT2D eigenvalue weighted by Gasteiger charge is -2.24. The molecule has 2 rings (SSSR count). The number of amides is 2. The van der Waals surface area contributed by atoms with Crippen LogP contribution in [0.5, 0.6) is 0 Å². The number of hydrogen-bond donors (Lipinski definition) is 0. The number of esters is 1. The second kappa shape index (κ2) is 5.28. The minimum Gasteiger partial charge on any atom is -0.464 e. The van der Waals surface area contributed by atoms with Gasteiger partial charge in [0, 0.05) is 0 Å². The van der Waals surface area contributed by atoms with E-state index in [0.717, 1.165) is 4.90 Å². The van der Waals surface area contributed by atoms with E-state index in [1.165, 1.54) is 0 Å². The molecule has 1 aromatic rings. The Balaban J connectivity index is 2.42. The van der Waals surface area contributed by atoms with Gasteiger partial charge in [0.2, 0.25) is 0 Å². The van der Waals surface area contributed by atoms with E-state index in [9.17, 15) is 14.4 Å². The van der Waals surface area contributed by atoms with Gasteiger partial charge < -0.3 is 4.74 Å². The van der Waals surface area contributed by atoms with Crippen molar-refractivity contribution in [2.45, 2.75) is 19.9 Å². The third-order valence-corrected chi connectivity index (χ3v) is 3.06. The molecule has 0 N–H and O–H groups in total. The number of ether oxygens (including phenoxy) is 1. The zero-order valence-electron chi connectivity index (χ0n) is 11.4. The summed E-state index contributed by atoms with van der Waals surface area (Å²) < 4.78 is 4.93. The number of hydrogen-bond acceptors (Lipinski definition) is 4. The van der Waals surface area contributed by atoms with Crippen molar-refractivity contribution in [2.75, 3.05) is 6.61 Å². The third kappa shape index (κ3) is 2.11. The van der Waals surface area contributed by atoms with Crippen LogP contribution in [0.1, 0.15) is 34.6 Å². The lowest BCUT2D eigenvalue weighted by Crippen LogP contribution is -2.46. The van der Waals surface area contributed by atoms with Crippen molar-refractivity contribution in [3.8, 4) is 0 Å². The highest BCUT2D eigenvalue weighted by molar-refractivity contribution is 6.23. The lowest BCUT2D eigenvalue weighted by molar-refractivity contribution is -0.146. The zero-order chi connectivity index (χ0) is 14.9. The molecule has 0 saturated carbocycles. The molecule has 1 aromatic carbocycles. The van der Waals surface area contributed by atoms with Gasteiger partial charge in [-0.2, -0.15) is 0 Å². The summed E-state index contributed by atoms with van der Waals surface area (Å²) in [4.78, 5) is 37.5. The monoisotopic (exact) mass is 273 g/mol. The van der Waals surface area contributed by atoms with Crippen LogP contribution in [0.25, 0.3) is 0 Å². The minimum absolute atomic E-state index is 0.172. The molecule has 0 radical (unpaired) electrons. The molecule has 5 heteroatoms. The van der Waals surface area contributed by atoms with Crippen LogP contribution in [0.2, 0.25) is 0 Å². The highest BCUT2D eigenvalue weighted by Gasteiger charge is 2.43. The minimum atomic E-state index is -1.08. The Morgan fingerprint density at radius 3 is 2.15 bits per heavy atom. The molecule has 1 heterocycles. The smallest absolute Gasteiger partial charge is 0.333 e. The van der Waals surface area contributed by atoms with Crippen LogP contribution in [0.15, 0.2) is 36.4 Å². The summed E-state index contributed by atoms with van der Waals surface area (Å²) in [5.41, 5.74) is 0.985. The highest BCUT2D eigenvalue weighted by atomic mass is 16.5. The Hall–Kier alpha value is -2.43. The summed E-state index contributed by atoms with van der Waals surface area (Å²) in [7, 11) is 0. The predicted octanol–water partition coefficient (Wildman–Crippen LogP) is 1.79. The van der Waals surface area contributed by atoms with Crippen molar-refractivity contribution in [1.29, 1.82) is 0 Å². The summed E-state index contributed by atoms with van der Waals surface area (Å²) in [5, 5.41) is 0. The van der Waals surface area contributed by atoms with E-state index in [2.05, 4.69) is 6.58 Å². The number of carbonyl (C=O) groups excluding carboxylic acids is 3. The molecule has 0 bridgehead atoms. The molecule has 2 amide bonds. The number of imide groups is 1. The highest BCUT2D eigenvalue weighted by Crippen LogP contribution is 2.27. The fourth-order valence-electron chi connectivity index (χ4n) is 2.19. The first-order chi connectivity index (χ1) is 9.49. The van der Waals surface area contributed by atoms with E-state index < -0.39 is 23.8 Å². The maximum absolute atomic E-state index is 12.3. The molecule has 1 atom stereocenters. The zero-order valence-corrected chi connectivity index (χ0v) is 11.4. The van der Waals surface area contributed by atoms with Gasteiger partial charge in [-0.15, -0.1) is 0 Å². The van der Waals surface area contributed by atoms with E-state index in [4.69, 9.17) is 4.74 Å². The van der Waals surface area contributed by atoms with Crippen molar-refractivity contribution in [2.24, 2.45) is 0 Å². The van der Waals surface area contributed by atoms with E-state index >= 15 is 0 Å². The molecule has 0 unspecified atom stereocenters. The van der Waals surface area contributed by atoms with Gasteiger partial charge >= 0.3 is 5.97 Å². The molecule has 0 saturated heterocycles. The standard InChI is InChI=1S/C15H15NO4/c1-4-20-15(19)12(9(2)3)16-13(17)10-7-5-6-8-11(10)14(16)18/h5-8,12H,2,4H2,1,3H3/t12-/m0/s1. The Morgan fingerprint density at radius 1 is 1.25 bits per heavy atom. The van der Waals surface area contributed by atoms with Gasteiger partial charge in [-0.25, -0.2) is 4.79 Å². The Labute approximate surface area is 116 Å². The number of carbonyl (C=O) groups is 3. The van der Waals surface area contributed by atoms with E-state index in [-0.39, 0.29) is 6.61 Å². The van der Waals surface area contributed by atoms with Crippen LogP contribution in [-0.2, 0) is 9.53 Å². The number of rotatable bonds is 4. The van der Waals surface area contributed by atoms with E-state index in [0.29, 0.717) is 16.7 Å². The molecule has 104 valence electrons. The number of nitrogens with zero attached hydrogens (tertiary/aromatic N) is 1. The van der Waals surface area contributed by atoms with Crippen molar-refractivity contribution in [3.63, 3.8) is 0 Å². The predicted molar refractivity (Wildman–Crippen MR) is 72.2 cm³/mol. The van der Waals surface area contributed by atoms with E-state index in [1.807, 2.05) is 0 Å². The average molecular weight is 273 g/mol.